The van der Waals surface area contributed by atoms with Crippen molar-refractivity contribution in [1.29, 1.82) is 0 Å². The minimum absolute atomic E-state index is 0.736. The van der Waals surface area contributed by atoms with Crippen LogP contribution in [-0.4, -0.2) is 12.6 Å². The third-order valence-electron chi connectivity index (χ3n) is 4.18. The average Bonchev–Trinajstić information content (AvgIpc) is 2.64. The summed E-state index contributed by atoms with van der Waals surface area (Å²) in [5.74, 6) is 0. The molecule has 118 valence electrons. The Bertz CT molecular complexity index is 775. The summed E-state index contributed by atoms with van der Waals surface area (Å²) in [7, 11) is 0. The van der Waals surface area contributed by atoms with E-state index in [1.165, 1.54) is 0 Å². The molecule has 2 heteroatoms. The number of benzene rings is 3. The van der Waals surface area contributed by atoms with E-state index in [2.05, 4.69) is 24.3 Å². The highest BCUT2D eigenvalue weighted by molar-refractivity contribution is 5.78. The Labute approximate surface area is 141 Å². The maximum atomic E-state index is 11.1. The summed E-state index contributed by atoms with van der Waals surface area (Å²) in [5.41, 5.74) is 5.87. The van der Waals surface area contributed by atoms with Gasteiger partial charge in [-0.15, -0.1) is 0 Å². The van der Waals surface area contributed by atoms with Crippen LogP contribution in [0.1, 0.15) is 43.0 Å². The number of carbonyl (C=O) groups is 2. The van der Waals surface area contributed by atoms with Crippen LogP contribution < -0.4 is 0 Å². The molecule has 0 N–H and O–H groups in total. The molecular weight excluding hydrogens is 296 g/mol. The van der Waals surface area contributed by atoms with Gasteiger partial charge in [-0.05, 0) is 35.1 Å². The van der Waals surface area contributed by atoms with Gasteiger partial charge in [0.15, 0.2) is 0 Å². The monoisotopic (exact) mass is 314 g/mol. The van der Waals surface area contributed by atoms with Crippen LogP contribution in [0.2, 0.25) is 0 Å². The number of aldehydes is 2. The molecule has 0 aliphatic rings. The summed E-state index contributed by atoms with van der Waals surface area (Å²) in [4.78, 5) is 22.2. The van der Waals surface area contributed by atoms with Crippen molar-refractivity contribution in [2.24, 2.45) is 0 Å². The molecule has 0 atom stereocenters. The van der Waals surface area contributed by atoms with Crippen LogP contribution in [0, 0.1) is 0 Å². The molecule has 0 aromatic heterocycles. The van der Waals surface area contributed by atoms with E-state index in [0.29, 0.717) is 0 Å². The van der Waals surface area contributed by atoms with Crippen LogP contribution in [0.5, 0.6) is 0 Å². The summed E-state index contributed by atoms with van der Waals surface area (Å²) < 4.78 is 0. The van der Waals surface area contributed by atoms with Crippen LogP contribution in [0.3, 0.4) is 0 Å². The number of carbonyl (C=O) groups excluding carboxylic acids is 2. The predicted octanol–water partition coefficient (Wildman–Crippen LogP) is 4.49. The zero-order chi connectivity index (χ0) is 16.8. The molecule has 0 spiro atoms. The molecule has 0 bridgehead atoms. The fourth-order valence-electron chi connectivity index (χ4n) is 2.84. The number of hydrogen-bond acceptors (Lipinski definition) is 2. The second kappa shape index (κ2) is 7.51. The zero-order valence-electron chi connectivity index (χ0n) is 13.3. The maximum absolute atomic E-state index is 11.1. The summed E-state index contributed by atoms with van der Waals surface area (Å²) in [6.45, 7) is 0. The quantitative estimate of drug-likeness (QED) is 0.628. The second-order valence-electron chi connectivity index (χ2n) is 5.80. The van der Waals surface area contributed by atoms with Crippen molar-refractivity contribution < 1.29 is 9.59 Å². The van der Waals surface area contributed by atoms with E-state index in [1.54, 1.807) is 0 Å². The van der Waals surface area contributed by atoms with Gasteiger partial charge >= 0.3 is 0 Å². The van der Waals surface area contributed by atoms with Gasteiger partial charge in [-0.25, -0.2) is 0 Å². The molecule has 0 saturated heterocycles. The van der Waals surface area contributed by atoms with Crippen LogP contribution in [0.25, 0.3) is 0 Å². The fraction of sp³-hybridized carbons (Fsp3) is 0.0909. The Morgan fingerprint density at radius 1 is 0.542 bits per heavy atom. The molecule has 3 rings (SSSR count). The lowest BCUT2D eigenvalue weighted by Gasteiger charge is -2.08. The van der Waals surface area contributed by atoms with Gasteiger partial charge in [-0.3, -0.25) is 9.59 Å². The topological polar surface area (TPSA) is 34.1 Å². The minimum atomic E-state index is 0.736. The van der Waals surface area contributed by atoms with Crippen molar-refractivity contribution in [2.45, 2.75) is 12.8 Å². The lowest BCUT2D eigenvalue weighted by molar-refractivity contribution is 0.111. The molecule has 0 amide bonds. The smallest absolute Gasteiger partial charge is 0.150 e. The van der Waals surface area contributed by atoms with E-state index in [4.69, 9.17) is 0 Å². The molecule has 0 aliphatic heterocycles. The van der Waals surface area contributed by atoms with Crippen molar-refractivity contribution in [3.05, 3.63) is 106 Å². The van der Waals surface area contributed by atoms with E-state index < -0.39 is 0 Å². The highest BCUT2D eigenvalue weighted by atomic mass is 16.1. The number of rotatable bonds is 6. The Morgan fingerprint density at radius 3 is 1.29 bits per heavy atom. The Hall–Kier alpha value is -3.00. The van der Waals surface area contributed by atoms with Gasteiger partial charge in [-0.2, -0.15) is 0 Å². The van der Waals surface area contributed by atoms with Gasteiger partial charge in [0, 0.05) is 11.1 Å². The van der Waals surface area contributed by atoms with Crippen LogP contribution in [-0.2, 0) is 12.8 Å². The van der Waals surface area contributed by atoms with Crippen molar-refractivity contribution in [3.8, 4) is 0 Å². The highest BCUT2D eigenvalue weighted by Crippen LogP contribution is 2.17. The number of hydrogen-bond donors (Lipinski definition) is 0. The van der Waals surface area contributed by atoms with Gasteiger partial charge < -0.3 is 0 Å². The Kier molecular flexibility index (Phi) is 4.97. The molecule has 0 unspecified atom stereocenters. The normalized spacial score (nSPS) is 10.3. The molecule has 0 radical (unpaired) electrons. The van der Waals surface area contributed by atoms with E-state index in [9.17, 15) is 9.59 Å². The first-order valence-electron chi connectivity index (χ1n) is 7.94. The molecular formula is C22H18O2. The molecule has 0 fully saturated rings. The summed E-state index contributed by atoms with van der Waals surface area (Å²) >= 11 is 0. The van der Waals surface area contributed by atoms with Crippen LogP contribution >= 0.6 is 0 Å². The van der Waals surface area contributed by atoms with Gasteiger partial charge in [0.2, 0.25) is 0 Å². The third kappa shape index (κ3) is 3.66. The van der Waals surface area contributed by atoms with Crippen LogP contribution in [0.15, 0.2) is 72.8 Å². The molecule has 0 aliphatic carbocycles. The molecule has 0 saturated carbocycles. The summed E-state index contributed by atoms with van der Waals surface area (Å²) in [5, 5.41) is 0. The first-order valence-corrected chi connectivity index (χ1v) is 7.94. The summed E-state index contributed by atoms with van der Waals surface area (Å²) in [6, 6.07) is 23.6. The van der Waals surface area contributed by atoms with Crippen molar-refractivity contribution in [3.63, 3.8) is 0 Å². The SMILES string of the molecule is O=Cc1ccccc1Cc1ccc(Cc2ccccc2C=O)cc1. The van der Waals surface area contributed by atoms with E-state index in [-0.39, 0.29) is 0 Å². The maximum Gasteiger partial charge on any atom is 0.150 e. The largest absolute Gasteiger partial charge is 0.298 e. The van der Waals surface area contributed by atoms with Crippen LogP contribution in [0.4, 0.5) is 0 Å². The van der Waals surface area contributed by atoms with E-state index in [1.807, 2.05) is 48.5 Å². The average molecular weight is 314 g/mol. The molecule has 3 aromatic carbocycles. The fourth-order valence-corrected chi connectivity index (χ4v) is 2.84. The second-order valence-corrected chi connectivity index (χ2v) is 5.80. The van der Waals surface area contributed by atoms with Crippen molar-refractivity contribution in [2.75, 3.05) is 0 Å². The zero-order valence-corrected chi connectivity index (χ0v) is 13.3. The summed E-state index contributed by atoms with van der Waals surface area (Å²) in [6.07, 6.45) is 3.28. The Morgan fingerprint density at radius 2 is 0.917 bits per heavy atom. The van der Waals surface area contributed by atoms with Crippen molar-refractivity contribution >= 4 is 12.6 Å². The first kappa shape index (κ1) is 15.9. The van der Waals surface area contributed by atoms with Gasteiger partial charge in [0.05, 0.1) is 0 Å². The molecule has 2 nitrogen and oxygen atoms in total. The third-order valence-corrected chi connectivity index (χ3v) is 4.18. The molecule has 24 heavy (non-hydrogen) atoms. The van der Waals surface area contributed by atoms with Gasteiger partial charge in [0.25, 0.3) is 0 Å². The Balaban J connectivity index is 1.76. The van der Waals surface area contributed by atoms with Crippen molar-refractivity contribution in [1.82, 2.24) is 0 Å². The van der Waals surface area contributed by atoms with Gasteiger partial charge in [-0.1, -0.05) is 72.8 Å². The molecule has 3 aromatic rings. The van der Waals surface area contributed by atoms with E-state index >= 15 is 0 Å². The first-order chi connectivity index (χ1) is 11.8. The van der Waals surface area contributed by atoms with Gasteiger partial charge in [0.1, 0.15) is 12.6 Å². The lowest BCUT2D eigenvalue weighted by atomic mass is 9.97. The lowest BCUT2D eigenvalue weighted by Crippen LogP contribution is -1.96. The molecule has 0 heterocycles. The minimum Gasteiger partial charge on any atom is -0.298 e. The standard InChI is InChI=1S/C22H18O2/c23-15-21-7-3-1-5-19(21)13-17-9-11-18(12-10-17)14-20-6-2-4-8-22(20)16-24/h1-12,15-16H,13-14H2. The highest BCUT2D eigenvalue weighted by Gasteiger charge is 2.04. The van der Waals surface area contributed by atoms with E-state index in [0.717, 1.165) is 58.8 Å². The predicted molar refractivity (Wildman–Crippen MR) is 95.7 cm³/mol.